The molecule has 1 aromatic heterocycles. The molecule has 34 heavy (non-hydrogen) atoms. The number of hydrogen-bond acceptors (Lipinski definition) is 4. The molecule has 0 atom stereocenters. The molecule has 0 saturated carbocycles. The van der Waals surface area contributed by atoms with Gasteiger partial charge in [-0.15, -0.1) is 0 Å². The Morgan fingerprint density at radius 1 is 1.00 bits per heavy atom. The molecule has 1 saturated heterocycles. The lowest BCUT2D eigenvalue weighted by molar-refractivity contribution is -0.120. The Hall–Kier alpha value is -3.25. The standard InChI is InChI=1S/C22H20F4N4O3S/c23-17-12-18(24)21(26)16(20(17)25)13-29-9-8-19(28-29)27-22(31)14-6-10-30(11-7-14)34(32,33)15-4-2-1-3-5-15/h1-5,8-9,12,14H,6-7,10-11,13H2,(H,27,28,31). The van der Waals surface area contributed by atoms with Crippen LogP contribution in [-0.2, 0) is 21.4 Å². The van der Waals surface area contributed by atoms with E-state index in [9.17, 15) is 30.8 Å². The maximum atomic E-state index is 13.9. The van der Waals surface area contributed by atoms with Crippen LogP contribution in [0.5, 0.6) is 0 Å². The Bertz CT molecular complexity index is 1280. The lowest BCUT2D eigenvalue weighted by Gasteiger charge is -2.30. The van der Waals surface area contributed by atoms with Crippen LogP contribution in [-0.4, -0.2) is 41.5 Å². The molecular weight excluding hydrogens is 476 g/mol. The zero-order chi connectivity index (χ0) is 24.5. The second-order valence-electron chi connectivity index (χ2n) is 7.83. The van der Waals surface area contributed by atoms with E-state index in [1.165, 1.54) is 28.7 Å². The smallest absolute Gasteiger partial charge is 0.243 e. The molecule has 2 heterocycles. The van der Waals surface area contributed by atoms with Crippen molar-refractivity contribution in [3.63, 3.8) is 0 Å². The molecule has 4 rings (SSSR count). The van der Waals surface area contributed by atoms with E-state index in [0.29, 0.717) is 12.8 Å². The molecule has 1 aliphatic rings. The molecule has 7 nitrogen and oxygen atoms in total. The highest BCUT2D eigenvalue weighted by Gasteiger charge is 2.32. The van der Waals surface area contributed by atoms with E-state index in [4.69, 9.17) is 0 Å². The van der Waals surface area contributed by atoms with Gasteiger partial charge in [-0.1, -0.05) is 18.2 Å². The summed E-state index contributed by atoms with van der Waals surface area (Å²) in [6.07, 6.45) is 1.90. The largest absolute Gasteiger partial charge is 0.309 e. The van der Waals surface area contributed by atoms with Crippen molar-refractivity contribution in [3.05, 3.63) is 77.5 Å². The van der Waals surface area contributed by atoms with E-state index in [-0.39, 0.29) is 35.8 Å². The Kier molecular flexibility index (Phi) is 6.71. The highest BCUT2D eigenvalue weighted by molar-refractivity contribution is 7.89. The number of anilines is 1. The summed E-state index contributed by atoms with van der Waals surface area (Å²) in [5.74, 6) is -6.82. The fraction of sp³-hybridized carbons (Fsp3) is 0.273. The molecule has 180 valence electrons. The van der Waals surface area contributed by atoms with Crippen LogP contribution in [0.2, 0.25) is 0 Å². The first kappa shape index (κ1) is 23.9. The van der Waals surface area contributed by atoms with Crippen LogP contribution in [0, 0.1) is 29.2 Å². The maximum Gasteiger partial charge on any atom is 0.243 e. The number of amides is 1. The Balaban J connectivity index is 1.36. The first-order valence-corrected chi connectivity index (χ1v) is 11.8. The van der Waals surface area contributed by atoms with E-state index >= 15 is 0 Å². The van der Waals surface area contributed by atoms with Gasteiger partial charge in [-0.3, -0.25) is 9.48 Å². The second-order valence-corrected chi connectivity index (χ2v) is 9.76. The van der Waals surface area contributed by atoms with E-state index in [1.54, 1.807) is 18.2 Å². The summed E-state index contributed by atoms with van der Waals surface area (Å²) in [6.45, 7) is -0.237. The summed E-state index contributed by atoms with van der Waals surface area (Å²) in [5, 5.41) is 6.56. The topological polar surface area (TPSA) is 84.3 Å². The highest BCUT2D eigenvalue weighted by Crippen LogP contribution is 2.25. The molecule has 1 fully saturated rings. The number of nitrogens with one attached hydrogen (secondary N) is 1. The summed E-state index contributed by atoms with van der Waals surface area (Å²) >= 11 is 0. The predicted octanol–water partition coefficient (Wildman–Crippen LogP) is 3.53. The Labute approximate surface area is 193 Å². The average molecular weight is 496 g/mol. The molecule has 0 aliphatic carbocycles. The van der Waals surface area contributed by atoms with Gasteiger partial charge >= 0.3 is 0 Å². The van der Waals surface area contributed by atoms with Crippen molar-refractivity contribution < 1.29 is 30.8 Å². The maximum absolute atomic E-state index is 13.9. The van der Waals surface area contributed by atoms with E-state index in [1.807, 2.05) is 0 Å². The molecule has 1 aliphatic heterocycles. The van der Waals surface area contributed by atoms with Gasteiger partial charge in [0.15, 0.2) is 29.1 Å². The Morgan fingerprint density at radius 3 is 2.24 bits per heavy atom. The van der Waals surface area contributed by atoms with Crippen LogP contribution < -0.4 is 5.32 Å². The van der Waals surface area contributed by atoms with Crippen molar-refractivity contribution in [2.75, 3.05) is 18.4 Å². The van der Waals surface area contributed by atoms with Crippen molar-refractivity contribution in [1.29, 1.82) is 0 Å². The van der Waals surface area contributed by atoms with Crippen molar-refractivity contribution in [3.8, 4) is 0 Å². The summed E-state index contributed by atoms with van der Waals surface area (Å²) < 4.78 is 82.3. The molecule has 12 heteroatoms. The van der Waals surface area contributed by atoms with Crippen LogP contribution in [0.4, 0.5) is 23.4 Å². The zero-order valence-electron chi connectivity index (χ0n) is 17.7. The quantitative estimate of drug-likeness (QED) is 0.418. The number of carbonyl (C=O) groups excluding carboxylic acids is 1. The molecule has 1 amide bonds. The monoisotopic (exact) mass is 496 g/mol. The van der Waals surface area contributed by atoms with Gasteiger partial charge < -0.3 is 5.32 Å². The van der Waals surface area contributed by atoms with E-state index in [2.05, 4.69) is 10.4 Å². The number of sulfonamides is 1. The minimum absolute atomic E-state index is 0.0852. The molecule has 2 aromatic carbocycles. The Morgan fingerprint density at radius 2 is 1.62 bits per heavy atom. The first-order chi connectivity index (χ1) is 16.2. The molecule has 0 radical (unpaired) electrons. The van der Waals surface area contributed by atoms with Gasteiger partial charge in [-0.25, -0.2) is 26.0 Å². The van der Waals surface area contributed by atoms with Gasteiger partial charge in [0.1, 0.15) is 0 Å². The molecule has 0 bridgehead atoms. The number of piperidine rings is 1. The summed E-state index contributed by atoms with van der Waals surface area (Å²) in [6, 6.07) is 9.53. The zero-order valence-corrected chi connectivity index (χ0v) is 18.5. The van der Waals surface area contributed by atoms with Crippen molar-refractivity contribution in [1.82, 2.24) is 14.1 Å². The van der Waals surface area contributed by atoms with Crippen molar-refractivity contribution in [2.45, 2.75) is 24.3 Å². The highest BCUT2D eigenvalue weighted by atomic mass is 32.2. The van der Waals surface area contributed by atoms with Gasteiger partial charge in [0.25, 0.3) is 0 Å². The predicted molar refractivity (Wildman–Crippen MR) is 114 cm³/mol. The minimum Gasteiger partial charge on any atom is -0.309 e. The van der Waals surface area contributed by atoms with Crippen LogP contribution in [0.3, 0.4) is 0 Å². The molecule has 3 aromatic rings. The number of carbonyl (C=O) groups is 1. The number of aromatic nitrogens is 2. The third-order valence-electron chi connectivity index (χ3n) is 5.62. The third kappa shape index (κ3) is 4.82. The first-order valence-electron chi connectivity index (χ1n) is 10.4. The minimum atomic E-state index is -3.64. The fourth-order valence-electron chi connectivity index (χ4n) is 3.77. The lowest BCUT2D eigenvalue weighted by Crippen LogP contribution is -2.41. The number of nitrogens with zero attached hydrogens (tertiary/aromatic N) is 3. The van der Waals surface area contributed by atoms with E-state index < -0.39 is 51.3 Å². The van der Waals surface area contributed by atoms with Crippen molar-refractivity contribution >= 4 is 21.7 Å². The lowest BCUT2D eigenvalue weighted by atomic mass is 9.97. The van der Waals surface area contributed by atoms with Crippen LogP contribution in [0.1, 0.15) is 18.4 Å². The van der Waals surface area contributed by atoms with Crippen molar-refractivity contribution in [2.24, 2.45) is 5.92 Å². The van der Waals surface area contributed by atoms with Gasteiger partial charge in [0.05, 0.1) is 17.0 Å². The van der Waals surface area contributed by atoms with Gasteiger partial charge in [0, 0.05) is 37.3 Å². The molecule has 1 N–H and O–H groups in total. The van der Waals surface area contributed by atoms with E-state index in [0.717, 1.165) is 4.68 Å². The SMILES string of the molecule is O=C(Nc1ccn(Cc2c(F)c(F)cc(F)c2F)n1)C1CCN(S(=O)(=O)c2ccccc2)CC1. The fourth-order valence-corrected chi connectivity index (χ4v) is 5.26. The summed E-state index contributed by atoms with van der Waals surface area (Å²) in [4.78, 5) is 12.8. The number of hydrogen-bond donors (Lipinski definition) is 1. The van der Waals surface area contributed by atoms with Gasteiger partial charge in [0.2, 0.25) is 15.9 Å². The third-order valence-corrected chi connectivity index (χ3v) is 7.53. The summed E-state index contributed by atoms with van der Waals surface area (Å²) in [5.41, 5.74) is -0.828. The van der Waals surface area contributed by atoms with Crippen LogP contribution in [0.25, 0.3) is 0 Å². The number of rotatable bonds is 6. The van der Waals surface area contributed by atoms with Gasteiger partial charge in [-0.05, 0) is 25.0 Å². The number of halogens is 4. The normalized spacial score (nSPS) is 15.4. The average Bonchev–Trinajstić information content (AvgIpc) is 3.28. The van der Waals surface area contributed by atoms with Crippen LogP contribution in [0.15, 0.2) is 53.6 Å². The molecular formula is C22H20F4N4O3S. The van der Waals surface area contributed by atoms with Crippen LogP contribution >= 0.6 is 0 Å². The summed E-state index contributed by atoms with van der Waals surface area (Å²) in [7, 11) is -3.64. The molecule has 0 spiro atoms. The van der Waals surface area contributed by atoms with Gasteiger partial charge in [-0.2, -0.15) is 9.40 Å². The molecule has 0 unspecified atom stereocenters. The number of benzene rings is 2. The second kappa shape index (κ2) is 9.55.